The zero-order valence-corrected chi connectivity index (χ0v) is 21.7. The summed E-state index contributed by atoms with van der Waals surface area (Å²) in [6.45, 7) is 16.4. The summed E-state index contributed by atoms with van der Waals surface area (Å²) in [4.78, 5) is 22.3. The van der Waals surface area contributed by atoms with Gasteiger partial charge in [-0.2, -0.15) is 4.52 Å². The van der Waals surface area contributed by atoms with Crippen LogP contribution in [-0.4, -0.2) is 70.7 Å². The van der Waals surface area contributed by atoms with Crippen molar-refractivity contribution in [1.82, 2.24) is 24.8 Å². The van der Waals surface area contributed by atoms with Gasteiger partial charge in [0.05, 0.1) is 6.54 Å². The van der Waals surface area contributed by atoms with Gasteiger partial charge in [0.1, 0.15) is 5.69 Å². The molecule has 0 atom stereocenters. The number of imidazole rings is 1. The Kier molecular flexibility index (Phi) is 7.97. The molecular formula is C24H37N7OS. The SMILES string of the molecule is CCN(CC)CCNC(=O)CN(C)c1nn2c(NC(C)(C)C)c(-c3ccc(C)cc3)nc2s1. The number of aromatic nitrogens is 3. The van der Waals surface area contributed by atoms with Gasteiger partial charge in [-0.1, -0.05) is 55.0 Å². The van der Waals surface area contributed by atoms with Gasteiger partial charge in [-0.25, -0.2) is 4.98 Å². The maximum atomic E-state index is 12.4. The summed E-state index contributed by atoms with van der Waals surface area (Å²) in [6, 6.07) is 8.36. The molecule has 0 aliphatic carbocycles. The number of hydrogen-bond donors (Lipinski definition) is 2. The van der Waals surface area contributed by atoms with Crippen molar-refractivity contribution in [2.75, 3.05) is 50.0 Å². The molecule has 1 aromatic carbocycles. The van der Waals surface area contributed by atoms with Crippen LogP contribution in [0.4, 0.5) is 10.9 Å². The third-order valence-electron chi connectivity index (χ3n) is 5.36. The van der Waals surface area contributed by atoms with E-state index in [0.29, 0.717) is 6.54 Å². The lowest BCUT2D eigenvalue weighted by molar-refractivity contribution is -0.119. The average Bonchev–Trinajstić information content (AvgIpc) is 3.30. The molecule has 0 saturated carbocycles. The summed E-state index contributed by atoms with van der Waals surface area (Å²) in [5.74, 6) is 0.854. The first-order valence-electron chi connectivity index (χ1n) is 11.6. The van der Waals surface area contributed by atoms with Gasteiger partial charge in [-0.15, -0.1) is 5.10 Å². The van der Waals surface area contributed by atoms with Crippen molar-refractivity contribution < 1.29 is 4.79 Å². The number of nitrogens with one attached hydrogen (secondary N) is 2. The minimum absolute atomic E-state index is 0.00844. The van der Waals surface area contributed by atoms with Crippen LogP contribution in [0.1, 0.15) is 40.2 Å². The Morgan fingerprint density at radius 1 is 1.15 bits per heavy atom. The van der Waals surface area contributed by atoms with Crippen LogP contribution in [-0.2, 0) is 4.79 Å². The fourth-order valence-electron chi connectivity index (χ4n) is 3.50. The fraction of sp³-hybridized carbons (Fsp3) is 0.542. The fourth-order valence-corrected chi connectivity index (χ4v) is 4.37. The van der Waals surface area contributed by atoms with E-state index in [1.807, 2.05) is 16.5 Å². The lowest BCUT2D eigenvalue weighted by Crippen LogP contribution is -2.39. The molecule has 8 nitrogen and oxygen atoms in total. The van der Waals surface area contributed by atoms with Crippen LogP contribution in [0.25, 0.3) is 16.2 Å². The maximum Gasteiger partial charge on any atom is 0.239 e. The molecule has 3 rings (SSSR count). The highest BCUT2D eigenvalue weighted by Gasteiger charge is 2.23. The summed E-state index contributed by atoms with van der Waals surface area (Å²) >= 11 is 1.48. The Morgan fingerprint density at radius 3 is 2.42 bits per heavy atom. The number of likely N-dealkylation sites (N-methyl/N-ethyl adjacent to an activating group) is 2. The van der Waals surface area contributed by atoms with Crippen LogP contribution in [0.3, 0.4) is 0 Å². The maximum absolute atomic E-state index is 12.4. The van der Waals surface area contributed by atoms with E-state index < -0.39 is 0 Å². The molecule has 0 aliphatic rings. The highest BCUT2D eigenvalue weighted by Crippen LogP contribution is 2.34. The number of anilines is 2. The van der Waals surface area contributed by atoms with Crippen molar-refractivity contribution in [3.63, 3.8) is 0 Å². The van der Waals surface area contributed by atoms with E-state index in [0.717, 1.165) is 46.8 Å². The number of aryl methyl sites for hydroxylation is 1. The monoisotopic (exact) mass is 471 g/mol. The van der Waals surface area contributed by atoms with Gasteiger partial charge in [0, 0.05) is 31.2 Å². The molecule has 2 heterocycles. The molecule has 0 radical (unpaired) electrons. The van der Waals surface area contributed by atoms with E-state index in [9.17, 15) is 4.79 Å². The first-order chi connectivity index (χ1) is 15.6. The molecule has 0 bridgehead atoms. The van der Waals surface area contributed by atoms with Crippen LogP contribution in [0.2, 0.25) is 0 Å². The van der Waals surface area contributed by atoms with Crippen molar-refractivity contribution >= 4 is 33.2 Å². The van der Waals surface area contributed by atoms with Crippen LogP contribution in [0.15, 0.2) is 24.3 Å². The van der Waals surface area contributed by atoms with E-state index in [1.54, 1.807) is 0 Å². The quantitative estimate of drug-likeness (QED) is 0.467. The molecule has 2 N–H and O–H groups in total. The minimum atomic E-state index is -0.157. The highest BCUT2D eigenvalue weighted by atomic mass is 32.1. The number of hydrogen-bond acceptors (Lipinski definition) is 7. The van der Waals surface area contributed by atoms with Gasteiger partial charge in [0.15, 0.2) is 5.82 Å². The van der Waals surface area contributed by atoms with Crippen LogP contribution in [0.5, 0.6) is 0 Å². The van der Waals surface area contributed by atoms with E-state index >= 15 is 0 Å². The average molecular weight is 472 g/mol. The largest absolute Gasteiger partial charge is 0.364 e. The molecule has 0 aliphatic heterocycles. The first-order valence-corrected chi connectivity index (χ1v) is 12.4. The second-order valence-electron chi connectivity index (χ2n) is 9.36. The van der Waals surface area contributed by atoms with Crippen molar-refractivity contribution in [3.05, 3.63) is 29.8 Å². The summed E-state index contributed by atoms with van der Waals surface area (Å²) < 4.78 is 1.86. The van der Waals surface area contributed by atoms with E-state index in [4.69, 9.17) is 10.1 Å². The van der Waals surface area contributed by atoms with Crippen LogP contribution >= 0.6 is 11.3 Å². The number of amides is 1. The smallest absolute Gasteiger partial charge is 0.239 e. The van der Waals surface area contributed by atoms with Gasteiger partial charge in [0.25, 0.3) is 0 Å². The Labute approximate surface area is 201 Å². The van der Waals surface area contributed by atoms with Crippen molar-refractivity contribution in [3.8, 4) is 11.3 Å². The summed E-state index contributed by atoms with van der Waals surface area (Å²) in [6.07, 6.45) is 0. The number of benzene rings is 1. The van der Waals surface area contributed by atoms with Crippen molar-refractivity contribution in [2.24, 2.45) is 0 Å². The highest BCUT2D eigenvalue weighted by molar-refractivity contribution is 7.20. The van der Waals surface area contributed by atoms with Gasteiger partial charge < -0.3 is 20.4 Å². The molecule has 0 saturated heterocycles. The van der Waals surface area contributed by atoms with E-state index in [2.05, 4.69) is 81.3 Å². The Hall–Kier alpha value is -2.65. The van der Waals surface area contributed by atoms with Gasteiger partial charge >= 0.3 is 0 Å². The number of rotatable bonds is 10. The van der Waals surface area contributed by atoms with Crippen molar-refractivity contribution in [2.45, 2.75) is 47.1 Å². The number of fused-ring (bicyclic) bond motifs is 1. The zero-order valence-electron chi connectivity index (χ0n) is 20.9. The molecular weight excluding hydrogens is 434 g/mol. The molecule has 0 unspecified atom stereocenters. The van der Waals surface area contributed by atoms with E-state index in [1.165, 1.54) is 16.9 Å². The standard InChI is InChI=1S/C24H37N7OS/c1-8-30(9-2)15-14-25-19(32)16-29(7)23-28-31-21(27-24(4,5)6)20(26-22(31)33-23)18-12-10-17(3)11-13-18/h10-13,27H,8-9,14-16H2,1-7H3,(H,25,32). The predicted molar refractivity (Wildman–Crippen MR) is 138 cm³/mol. The van der Waals surface area contributed by atoms with Crippen molar-refractivity contribution in [1.29, 1.82) is 0 Å². The third kappa shape index (κ3) is 6.45. The molecule has 33 heavy (non-hydrogen) atoms. The molecule has 180 valence electrons. The van der Waals surface area contributed by atoms with Gasteiger partial charge in [0.2, 0.25) is 16.0 Å². The van der Waals surface area contributed by atoms with Gasteiger partial charge in [-0.3, -0.25) is 4.79 Å². The minimum Gasteiger partial charge on any atom is -0.364 e. The lowest BCUT2D eigenvalue weighted by atomic mass is 10.1. The second kappa shape index (κ2) is 10.5. The molecule has 9 heteroatoms. The Bertz CT molecular complexity index is 1060. The van der Waals surface area contributed by atoms with E-state index in [-0.39, 0.29) is 18.0 Å². The first kappa shape index (κ1) is 25.0. The Balaban J connectivity index is 1.78. The number of carbonyl (C=O) groups excluding carboxylic acids is 1. The third-order valence-corrected chi connectivity index (χ3v) is 6.39. The zero-order chi connectivity index (χ0) is 24.2. The molecule has 2 aromatic heterocycles. The second-order valence-corrected chi connectivity index (χ2v) is 10.3. The normalized spacial score (nSPS) is 11.9. The van der Waals surface area contributed by atoms with Crippen LogP contribution < -0.4 is 15.5 Å². The Morgan fingerprint density at radius 2 is 1.82 bits per heavy atom. The molecule has 0 spiro atoms. The summed E-state index contributed by atoms with van der Waals surface area (Å²) in [5, 5.41) is 12.1. The summed E-state index contributed by atoms with van der Waals surface area (Å²) in [7, 11) is 1.89. The molecule has 1 amide bonds. The summed E-state index contributed by atoms with van der Waals surface area (Å²) in [5.41, 5.74) is 2.98. The number of nitrogens with zero attached hydrogens (tertiary/aromatic N) is 5. The topological polar surface area (TPSA) is 77.8 Å². The lowest BCUT2D eigenvalue weighted by Gasteiger charge is -2.22. The predicted octanol–water partition coefficient (Wildman–Crippen LogP) is 3.87. The van der Waals surface area contributed by atoms with Gasteiger partial charge in [-0.05, 0) is 40.8 Å². The van der Waals surface area contributed by atoms with Crippen LogP contribution in [0, 0.1) is 6.92 Å². The molecule has 3 aromatic rings. The molecule has 0 fully saturated rings. The number of carbonyl (C=O) groups is 1.